The molecule has 108 valence electrons. The Morgan fingerprint density at radius 3 is 2.05 bits per heavy atom. The zero-order valence-electron chi connectivity index (χ0n) is 12.5. The van der Waals surface area contributed by atoms with Crippen LogP contribution in [0, 0.1) is 0 Å². The molecule has 0 N–H and O–H groups in total. The molecule has 1 saturated heterocycles. The van der Waals surface area contributed by atoms with Crippen molar-refractivity contribution in [3.63, 3.8) is 0 Å². The average Bonchev–Trinajstić information content (AvgIpc) is 2.98. The smallest absolute Gasteiger partial charge is 0.192 e. The quantitative estimate of drug-likeness (QED) is 0.831. The van der Waals surface area contributed by atoms with Crippen molar-refractivity contribution in [3.8, 4) is 0 Å². The lowest BCUT2D eigenvalue weighted by Gasteiger charge is -2.23. The highest BCUT2D eigenvalue weighted by Gasteiger charge is 2.32. The maximum absolute atomic E-state index is 5.70. The van der Waals surface area contributed by atoms with E-state index in [1.807, 2.05) is 13.0 Å². The van der Waals surface area contributed by atoms with Crippen LogP contribution in [0.1, 0.15) is 30.5 Å². The van der Waals surface area contributed by atoms with Crippen LogP contribution in [0.3, 0.4) is 0 Å². The predicted molar refractivity (Wildman–Crippen MR) is 84.9 cm³/mol. The summed E-state index contributed by atoms with van der Waals surface area (Å²) in [6.45, 7) is 5.36. The molecule has 0 aliphatic carbocycles. The van der Waals surface area contributed by atoms with Crippen LogP contribution in [0.25, 0.3) is 5.57 Å². The second kappa shape index (κ2) is 5.84. The van der Waals surface area contributed by atoms with E-state index in [0.717, 1.165) is 5.56 Å². The van der Waals surface area contributed by atoms with Crippen molar-refractivity contribution >= 4 is 5.57 Å². The van der Waals surface area contributed by atoms with Gasteiger partial charge >= 0.3 is 0 Å². The summed E-state index contributed by atoms with van der Waals surface area (Å²) in [5.74, 6) is -0.596. The average molecular weight is 280 g/mol. The Bertz CT molecular complexity index is 620. The standard InChI is InChI=1S/C19H20O2/c1-3-18(15-7-5-4-6-8-15)16-9-11-17(12-10-16)19(2)20-13-14-21-19/h3-12H,13-14H2,1-2H3/b18-3+. The zero-order valence-corrected chi connectivity index (χ0v) is 12.5. The highest BCUT2D eigenvalue weighted by molar-refractivity contribution is 5.79. The van der Waals surface area contributed by atoms with Gasteiger partial charge in [0.25, 0.3) is 0 Å². The van der Waals surface area contributed by atoms with Crippen LogP contribution < -0.4 is 0 Å². The molecule has 0 amide bonds. The highest BCUT2D eigenvalue weighted by atomic mass is 16.7. The van der Waals surface area contributed by atoms with Gasteiger partial charge in [-0.15, -0.1) is 0 Å². The van der Waals surface area contributed by atoms with Gasteiger partial charge in [-0.3, -0.25) is 0 Å². The molecule has 1 heterocycles. The molecular formula is C19H20O2. The minimum atomic E-state index is -0.596. The van der Waals surface area contributed by atoms with E-state index < -0.39 is 5.79 Å². The number of hydrogen-bond donors (Lipinski definition) is 0. The normalized spacial score (nSPS) is 17.9. The molecule has 2 aromatic rings. The maximum Gasteiger partial charge on any atom is 0.192 e. The van der Waals surface area contributed by atoms with Gasteiger partial charge in [-0.05, 0) is 30.5 Å². The van der Waals surface area contributed by atoms with Crippen molar-refractivity contribution in [1.29, 1.82) is 0 Å². The Labute approximate surface area is 126 Å². The Morgan fingerprint density at radius 1 is 0.905 bits per heavy atom. The van der Waals surface area contributed by atoms with Crippen molar-refractivity contribution in [2.45, 2.75) is 19.6 Å². The summed E-state index contributed by atoms with van der Waals surface area (Å²) in [7, 11) is 0. The van der Waals surface area contributed by atoms with Crippen LogP contribution in [-0.4, -0.2) is 13.2 Å². The summed E-state index contributed by atoms with van der Waals surface area (Å²) < 4.78 is 11.4. The lowest BCUT2D eigenvalue weighted by molar-refractivity contribution is -0.149. The summed E-state index contributed by atoms with van der Waals surface area (Å²) in [5.41, 5.74) is 4.73. The van der Waals surface area contributed by atoms with Crippen molar-refractivity contribution in [2.75, 3.05) is 13.2 Å². The molecule has 0 unspecified atom stereocenters. The molecule has 0 saturated carbocycles. The SMILES string of the molecule is C/C=C(\c1ccccc1)c1ccc(C2(C)OCCO2)cc1. The molecule has 0 aromatic heterocycles. The van der Waals surface area contributed by atoms with E-state index in [0.29, 0.717) is 13.2 Å². The van der Waals surface area contributed by atoms with Gasteiger partial charge in [-0.2, -0.15) is 0 Å². The van der Waals surface area contributed by atoms with E-state index in [9.17, 15) is 0 Å². The fourth-order valence-electron chi connectivity index (χ4n) is 2.75. The molecule has 3 rings (SSSR count). The molecule has 0 atom stereocenters. The van der Waals surface area contributed by atoms with Gasteiger partial charge < -0.3 is 9.47 Å². The van der Waals surface area contributed by atoms with Gasteiger partial charge in [0.2, 0.25) is 0 Å². The van der Waals surface area contributed by atoms with E-state index in [4.69, 9.17) is 9.47 Å². The van der Waals surface area contributed by atoms with Gasteiger partial charge in [0.05, 0.1) is 13.2 Å². The lowest BCUT2D eigenvalue weighted by atomic mass is 9.95. The monoisotopic (exact) mass is 280 g/mol. The third-order valence-electron chi connectivity index (χ3n) is 3.93. The third kappa shape index (κ3) is 2.78. The van der Waals surface area contributed by atoms with Crippen LogP contribution in [0.2, 0.25) is 0 Å². The van der Waals surface area contributed by atoms with E-state index in [1.165, 1.54) is 16.7 Å². The number of ether oxygens (including phenoxy) is 2. The van der Waals surface area contributed by atoms with Gasteiger partial charge in [0.1, 0.15) is 0 Å². The second-order valence-electron chi connectivity index (χ2n) is 5.29. The summed E-state index contributed by atoms with van der Waals surface area (Å²) in [4.78, 5) is 0. The minimum Gasteiger partial charge on any atom is -0.344 e. The van der Waals surface area contributed by atoms with Crippen LogP contribution in [0.15, 0.2) is 60.7 Å². The first kappa shape index (κ1) is 14.1. The Balaban J connectivity index is 1.90. The number of rotatable bonds is 3. The third-order valence-corrected chi connectivity index (χ3v) is 3.93. The molecule has 1 aliphatic heterocycles. The lowest BCUT2D eigenvalue weighted by Crippen LogP contribution is -2.22. The summed E-state index contributed by atoms with van der Waals surface area (Å²) in [6.07, 6.45) is 2.15. The first-order chi connectivity index (χ1) is 10.2. The first-order valence-electron chi connectivity index (χ1n) is 7.33. The summed E-state index contributed by atoms with van der Waals surface area (Å²) in [6, 6.07) is 18.9. The maximum atomic E-state index is 5.70. The predicted octanol–water partition coefficient (Wildman–Crippen LogP) is 4.36. The van der Waals surface area contributed by atoms with Gasteiger partial charge in [-0.25, -0.2) is 0 Å². The van der Waals surface area contributed by atoms with Crippen molar-refractivity contribution < 1.29 is 9.47 Å². The van der Waals surface area contributed by atoms with Crippen LogP contribution in [0.4, 0.5) is 0 Å². The van der Waals surface area contributed by atoms with Crippen molar-refractivity contribution in [1.82, 2.24) is 0 Å². The van der Waals surface area contributed by atoms with Gasteiger partial charge in [0.15, 0.2) is 5.79 Å². The molecular weight excluding hydrogens is 260 g/mol. The Morgan fingerprint density at radius 2 is 1.48 bits per heavy atom. The van der Waals surface area contributed by atoms with E-state index in [-0.39, 0.29) is 0 Å². The number of allylic oxidation sites excluding steroid dienone is 1. The molecule has 2 nitrogen and oxygen atoms in total. The molecule has 0 radical (unpaired) electrons. The molecule has 1 fully saturated rings. The van der Waals surface area contributed by atoms with Crippen molar-refractivity contribution in [2.24, 2.45) is 0 Å². The molecule has 2 aromatic carbocycles. The van der Waals surface area contributed by atoms with Crippen LogP contribution in [0.5, 0.6) is 0 Å². The largest absolute Gasteiger partial charge is 0.344 e. The molecule has 2 heteroatoms. The summed E-state index contributed by atoms with van der Waals surface area (Å²) >= 11 is 0. The zero-order chi connectivity index (χ0) is 14.7. The van der Waals surface area contributed by atoms with Crippen LogP contribution >= 0.6 is 0 Å². The fraction of sp³-hybridized carbons (Fsp3) is 0.263. The Kier molecular flexibility index (Phi) is 3.91. The van der Waals surface area contributed by atoms with Crippen molar-refractivity contribution in [3.05, 3.63) is 77.4 Å². The Hall–Kier alpha value is -1.90. The molecule has 0 bridgehead atoms. The first-order valence-corrected chi connectivity index (χ1v) is 7.33. The minimum absolute atomic E-state index is 0.596. The fourth-order valence-corrected chi connectivity index (χ4v) is 2.75. The molecule has 0 spiro atoms. The van der Waals surface area contributed by atoms with E-state index >= 15 is 0 Å². The van der Waals surface area contributed by atoms with Crippen LogP contribution in [-0.2, 0) is 15.3 Å². The second-order valence-corrected chi connectivity index (χ2v) is 5.29. The molecule has 21 heavy (non-hydrogen) atoms. The van der Waals surface area contributed by atoms with E-state index in [2.05, 4.69) is 61.5 Å². The highest BCUT2D eigenvalue weighted by Crippen LogP contribution is 2.32. The molecule has 1 aliphatic rings. The topological polar surface area (TPSA) is 18.5 Å². The number of hydrogen-bond acceptors (Lipinski definition) is 2. The number of benzene rings is 2. The summed E-state index contributed by atoms with van der Waals surface area (Å²) in [5, 5.41) is 0. The van der Waals surface area contributed by atoms with E-state index in [1.54, 1.807) is 0 Å². The van der Waals surface area contributed by atoms with Gasteiger partial charge in [0, 0.05) is 5.56 Å². The van der Waals surface area contributed by atoms with Gasteiger partial charge in [-0.1, -0.05) is 60.7 Å².